The fraction of sp³-hybridized carbons (Fsp3) is 0.462. The summed E-state index contributed by atoms with van der Waals surface area (Å²) < 4.78 is 0. The van der Waals surface area contributed by atoms with E-state index >= 15 is 0 Å². The minimum atomic E-state index is -0.108. The van der Waals surface area contributed by atoms with Crippen molar-refractivity contribution < 1.29 is 4.79 Å². The molecule has 1 N–H and O–H groups in total. The zero-order valence-electron chi connectivity index (χ0n) is 9.74. The lowest BCUT2D eigenvalue weighted by molar-refractivity contribution is -0.122. The van der Waals surface area contributed by atoms with Crippen LogP contribution in [0.1, 0.15) is 25.3 Å². The number of amides is 1. The van der Waals surface area contributed by atoms with Gasteiger partial charge in [-0.25, -0.2) is 0 Å². The lowest BCUT2D eigenvalue weighted by atomic mass is 10.0. The molecule has 0 spiro atoms. The van der Waals surface area contributed by atoms with Crippen molar-refractivity contribution in [2.45, 2.75) is 19.8 Å². The molecule has 2 unspecified atom stereocenters. The summed E-state index contributed by atoms with van der Waals surface area (Å²) in [5.41, 5.74) is 1.04. The molecule has 0 saturated heterocycles. The summed E-state index contributed by atoms with van der Waals surface area (Å²) in [6, 6.07) is 9.77. The van der Waals surface area contributed by atoms with Gasteiger partial charge in [0.05, 0.1) is 5.92 Å². The van der Waals surface area contributed by atoms with Crippen molar-refractivity contribution in [3.63, 3.8) is 0 Å². The zero-order valence-corrected chi connectivity index (χ0v) is 10.5. The molecule has 0 aliphatic carbocycles. The first-order chi connectivity index (χ1) is 7.65. The van der Waals surface area contributed by atoms with Gasteiger partial charge in [0.2, 0.25) is 5.91 Å². The first-order valence-corrected chi connectivity index (χ1v) is 6.07. The number of nitrogens with one attached hydrogen (secondary N) is 1. The van der Waals surface area contributed by atoms with Gasteiger partial charge in [-0.2, -0.15) is 0 Å². The molecule has 2 atom stereocenters. The average Bonchev–Trinajstić information content (AvgIpc) is 2.35. The number of halogens is 1. The molecular weight excluding hydrogens is 222 g/mol. The molecular formula is C13H18ClNO. The van der Waals surface area contributed by atoms with Crippen LogP contribution in [-0.4, -0.2) is 18.3 Å². The van der Waals surface area contributed by atoms with Crippen molar-refractivity contribution in [1.82, 2.24) is 5.32 Å². The van der Waals surface area contributed by atoms with E-state index in [-0.39, 0.29) is 11.8 Å². The van der Waals surface area contributed by atoms with Gasteiger partial charge >= 0.3 is 0 Å². The molecule has 0 radical (unpaired) electrons. The molecule has 0 heterocycles. The van der Waals surface area contributed by atoms with Crippen molar-refractivity contribution in [1.29, 1.82) is 0 Å². The smallest absolute Gasteiger partial charge is 0.227 e. The van der Waals surface area contributed by atoms with Crippen molar-refractivity contribution in [3.05, 3.63) is 35.9 Å². The molecule has 1 amide bonds. The normalized spacial score (nSPS) is 14.2. The van der Waals surface area contributed by atoms with Crippen LogP contribution in [0.15, 0.2) is 30.3 Å². The SMILES string of the molecule is CC(CCl)CNC(=O)C(C)c1ccccc1. The summed E-state index contributed by atoms with van der Waals surface area (Å²) in [6.07, 6.45) is 0. The van der Waals surface area contributed by atoms with Crippen molar-refractivity contribution >= 4 is 17.5 Å². The Hall–Kier alpha value is -1.02. The van der Waals surface area contributed by atoms with E-state index in [0.717, 1.165) is 5.56 Å². The number of alkyl halides is 1. The third kappa shape index (κ3) is 3.86. The second kappa shape index (κ2) is 6.54. The average molecular weight is 240 g/mol. The highest BCUT2D eigenvalue weighted by atomic mass is 35.5. The maximum absolute atomic E-state index is 11.8. The monoisotopic (exact) mass is 239 g/mol. The number of hydrogen-bond donors (Lipinski definition) is 1. The summed E-state index contributed by atoms with van der Waals surface area (Å²) >= 11 is 5.68. The third-order valence-electron chi connectivity index (χ3n) is 2.58. The van der Waals surface area contributed by atoms with E-state index < -0.39 is 0 Å². The van der Waals surface area contributed by atoms with Gasteiger partial charge in [-0.05, 0) is 18.4 Å². The van der Waals surface area contributed by atoms with Crippen LogP contribution < -0.4 is 5.32 Å². The fourth-order valence-electron chi connectivity index (χ4n) is 1.38. The molecule has 0 aromatic heterocycles. The van der Waals surface area contributed by atoms with Gasteiger partial charge < -0.3 is 5.32 Å². The molecule has 1 aromatic carbocycles. The predicted molar refractivity (Wildman–Crippen MR) is 67.8 cm³/mol. The summed E-state index contributed by atoms with van der Waals surface area (Å²) in [5.74, 6) is 0.834. The van der Waals surface area contributed by atoms with Gasteiger partial charge in [0.1, 0.15) is 0 Å². The lowest BCUT2D eigenvalue weighted by Gasteiger charge is -2.14. The van der Waals surface area contributed by atoms with Crippen LogP contribution in [0.3, 0.4) is 0 Å². The first kappa shape index (κ1) is 13.0. The van der Waals surface area contributed by atoms with Crippen LogP contribution in [-0.2, 0) is 4.79 Å². The Morgan fingerprint density at radius 3 is 2.50 bits per heavy atom. The molecule has 1 rings (SSSR count). The number of rotatable bonds is 5. The predicted octanol–water partition coefficient (Wildman–Crippen LogP) is 2.78. The number of carbonyl (C=O) groups is 1. The van der Waals surface area contributed by atoms with Gasteiger partial charge in [-0.3, -0.25) is 4.79 Å². The van der Waals surface area contributed by atoms with Crippen molar-refractivity contribution in [2.75, 3.05) is 12.4 Å². The number of hydrogen-bond acceptors (Lipinski definition) is 1. The van der Waals surface area contributed by atoms with Gasteiger partial charge in [0, 0.05) is 12.4 Å². The van der Waals surface area contributed by atoms with Crippen molar-refractivity contribution in [3.8, 4) is 0 Å². The minimum Gasteiger partial charge on any atom is -0.355 e. The molecule has 88 valence electrons. The molecule has 0 aliphatic heterocycles. The minimum absolute atomic E-state index is 0.0585. The van der Waals surface area contributed by atoms with Crippen LogP contribution in [0, 0.1) is 5.92 Å². The Bertz CT molecular complexity index is 326. The van der Waals surface area contributed by atoms with E-state index in [4.69, 9.17) is 11.6 Å². The van der Waals surface area contributed by atoms with E-state index in [9.17, 15) is 4.79 Å². The number of benzene rings is 1. The lowest BCUT2D eigenvalue weighted by Crippen LogP contribution is -2.32. The molecule has 0 fully saturated rings. The summed E-state index contributed by atoms with van der Waals surface area (Å²) in [6.45, 7) is 4.57. The van der Waals surface area contributed by atoms with Crippen LogP contribution in [0.4, 0.5) is 0 Å². The van der Waals surface area contributed by atoms with Gasteiger partial charge in [0.15, 0.2) is 0 Å². The van der Waals surface area contributed by atoms with Crippen molar-refractivity contribution in [2.24, 2.45) is 5.92 Å². The Morgan fingerprint density at radius 2 is 1.94 bits per heavy atom. The topological polar surface area (TPSA) is 29.1 Å². The maximum Gasteiger partial charge on any atom is 0.227 e. The Balaban J connectivity index is 2.49. The molecule has 3 heteroatoms. The molecule has 0 saturated carbocycles. The summed E-state index contributed by atoms with van der Waals surface area (Å²) in [7, 11) is 0. The quantitative estimate of drug-likeness (QED) is 0.787. The Labute approximate surface area is 102 Å². The maximum atomic E-state index is 11.8. The fourth-order valence-corrected chi connectivity index (χ4v) is 1.48. The van der Waals surface area contributed by atoms with Crippen LogP contribution in [0.5, 0.6) is 0 Å². The largest absolute Gasteiger partial charge is 0.355 e. The highest BCUT2D eigenvalue weighted by Gasteiger charge is 2.14. The zero-order chi connectivity index (χ0) is 12.0. The molecule has 2 nitrogen and oxygen atoms in total. The Morgan fingerprint density at radius 1 is 1.31 bits per heavy atom. The van der Waals surface area contributed by atoms with E-state index in [1.54, 1.807) is 0 Å². The van der Waals surface area contributed by atoms with Crippen LogP contribution in [0.25, 0.3) is 0 Å². The molecule has 0 bridgehead atoms. The summed E-state index contributed by atoms with van der Waals surface area (Å²) in [5, 5.41) is 2.91. The first-order valence-electron chi connectivity index (χ1n) is 5.53. The van der Waals surface area contributed by atoms with E-state index in [0.29, 0.717) is 18.3 Å². The summed E-state index contributed by atoms with van der Waals surface area (Å²) in [4.78, 5) is 11.8. The van der Waals surface area contributed by atoms with E-state index in [1.165, 1.54) is 0 Å². The van der Waals surface area contributed by atoms with Gasteiger partial charge in [-0.15, -0.1) is 11.6 Å². The highest BCUT2D eigenvalue weighted by Crippen LogP contribution is 2.14. The van der Waals surface area contributed by atoms with Gasteiger partial charge in [0.25, 0.3) is 0 Å². The second-order valence-corrected chi connectivity index (χ2v) is 4.45. The van der Waals surface area contributed by atoms with Gasteiger partial charge in [-0.1, -0.05) is 37.3 Å². The van der Waals surface area contributed by atoms with E-state index in [1.807, 2.05) is 44.2 Å². The highest BCUT2D eigenvalue weighted by molar-refractivity contribution is 6.18. The molecule has 1 aromatic rings. The molecule has 16 heavy (non-hydrogen) atoms. The third-order valence-corrected chi connectivity index (χ3v) is 3.11. The van der Waals surface area contributed by atoms with Crippen LogP contribution in [0.2, 0.25) is 0 Å². The van der Waals surface area contributed by atoms with Crippen LogP contribution >= 0.6 is 11.6 Å². The standard InChI is InChI=1S/C13H18ClNO/c1-10(8-14)9-15-13(16)11(2)12-6-4-3-5-7-12/h3-7,10-11H,8-9H2,1-2H3,(H,15,16). The molecule has 0 aliphatic rings. The van der Waals surface area contributed by atoms with E-state index in [2.05, 4.69) is 5.32 Å². The second-order valence-electron chi connectivity index (χ2n) is 4.14. The Kier molecular flexibility index (Phi) is 5.33. The number of carbonyl (C=O) groups excluding carboxylic acids is 1.